The SMILES string of the molecule is CC(C)OCCNc1cccc(CS(=O)(=O)N2CCN(c3cnn(-c4cccc(Cl)c4)c(=O)c3OCC3(C)CC3)CC2)c1. The van der Waals surface area contributed by atoms with Crippen LogP contribution in [0.1, 0.15) is 39.2 Å². The zero-order chi connectivity index (χ0) is 30.6. The van der Waals surface area contributed by atoms with Crippen molar-refractivity contribution in [2.75, 3.05) is 56.2 Å². The van der Waals surface area contributed by atoms with E-state index in [0.29, 0.717) is 62.3 Å². The number of sulfonamides is 1. The van der Waals surface area contributed by atoms with Gasteiger partial charge in [-0.05, 0) is 62.6 Å². The summed E-state index contributed by atoms with van der Waals surface area (Å²) in [6.07, 6.45) is 3.90. The minimum Gasteiger partial charge on any atom is -0.486 e. The summed E-state index contributed by atoms with van der Waals surface area (Å²) < 4.78 is 41.3. The molecule has 2 aliphatic rings. The van der Waals surface area contributed by atoms with Crippen molar-refractivity contribution in [3.8, 4) is 11.4 Å². The second-order valence-electron chi connectivity index (χ2n) is 11.8. The number of hydrogen-bond acceptors (Lipinski definition) is 8. The highest BCUT2D eigenvalue weighted by Crippen LogP contribution is 2.45. The molecule has 3 aromatic rings. The molecular weight excluding hydrogens is 590 g/mol. The fourth-order valence-electron chi connectivity index (χ4n) is 4.96. The van der Waals surface area contributed by atoms with Gasteiger partial charge < -0.3 is 19.7 Å². The minimum atomic E-state index is -3.55. The molecule has 1 aromatic heterocycles. The third-order valence-corrected chi connectivity index (χ3v) is 9.85. The van der Waals surface area contributed by atoms with E-state index in [1.54, 1.807) is 30.5 Å². The average Bonchev–Trinajstić information content (AvgIpc) is 3.71. The molecule has 2 heterocycles. The summed E-state index contributed by atoms with van der Waals surface area (Å²) in [5.74, 6) is 0.136. The molecule has 1 aliphatic carbocycles. The van der Waals surface area contributed by atoms with Gasteiger partial charge in [0.15, 0.2) is 0 Å². The van der Waals surface area contributed by atoms with Gasteiger partial charge in [-0.1, -0.05) is 36.7 Å². The maximum Gasteiger partial charge on any atom is 0.316 e. The normalized spacial score (nSPS) is 16.8. The van der Waals surface area contributed by atoms with E-state index < -0.39 is 10.0 Å². The van der Waals surface area contributed by atoms with E-state index in [0.717, 1.165) is 24.1 Å². The average molecular weight is 630 g/mol. The lowest BCUT2D eigenvalue weighted by Gasteiger charge is -2.35. The molecular formula is C31H40ClN5O5S. The molecule has 43 heavy (non-hydrogen) atoms. The minimum absolute atomic E-state index is 0.0648. The smallest absolute Gasteiger partial charge is 0.316 e. The van der Waals surface area contributed by atoms with Crippen LogP contribution in [0.15, 0.2) is 59.5 Å². The summed E-state index contributed by atoms with van der Waals surface area (Å²) in [6, 6.07) is 14.4. The van der Waals surface area contributed by atoms with Crippen LogP contribution in [-0.4, -0.2) is 74.5 Å². The fraction of sp³-hybridized carbons (Fsp3) is 0.484. The second-order valence-corrected chi connectivity index (χ2v) is 14.2. The quantitative estimate of drug-likeness (QED) is 0.275. The van der Waals surface area contributed by atoms with Crippen LogP contribution >= 0.6 is 11.6 Å². The van der Waals surface area contributed by atoms with Gasteiger partial charge in [-0.15, -0.1) is 0 Å². The van der Waals surface area contributed by atoms with Crippen molar-refractivity contribution < 1.29 is 17.9 Å². The van der Waals surface area contributed by atoms with Crippen LogP contribution in [0, 0.1) is 5.41 Å². The van der Waals surface area contributed by atoms with E-state index in [9.17, 15) is 13.2 Å². The first-order valence-electron chi connectivity index (χ1n) is 14.7. The Morgan fingerprint density at radius 2 is 1.81 bits per heavy atom. The summed E-state index contributed by atoms with van der Waals surface area (Å²) in [7, 11) is -3.55. The Kier molecular flexibility index (Phi) is 9.65. The number of piperazine rings is 1. The van der Waals surface area contributed by atoms with Gasteiger partial charge in [-0.3, -0.25) is 4.79 Å². The van der Waals surface area contributed by atoms with Crippen molar-refractivity contribution in [3.05, 3.63) is 75.7 Å². The van der Waals surface area contributed by atoms with Crippen molar-refractivity contribution in [2.24, 2.45) is 5.41 Å². The standard InChI is InChI=1S/C31H40ClN5O5S/c1-23(2)41-17-12-33-26-8-4-6-24(18-26)21-43(39,40)36-15-13-35(14-16-36)28-20-34-37(27-9-5-7-25(32)19-27)30(38)29(28)42-22-31(3)10-11-31/h4-9,18-20,23,33H,10-17,21-22H2,1-3H3. The topological polar surface area (TPSA) is 106 Å². The summed E-state index contributed by atoms with van der Waals surface area (Å²) >= 11 is 6.17. The number of ether oxygens (including phenoxy) is 2. The lowest BCUT2D eigenvalue weighted by atomic mass is 10.2. The molecule has 0 spiro atoms. The maximum absolute atomic E-state index is 13.6. The number of benzene rings is 2. The van der Waals surface area contributed by atoms with Gasteiger partial charge in [0.1, 0.15) is 5.69 Å². The summed E-state index contributed by atoms with van der Waals surface area (Å²) in [5, 5.41) is 8.22. The van der Waals surface area contributed by atoms with Gasteiger partial charge in [-0.25, -0.2) is 8.42 Å². The Morgan fingerprint density at radius 3 is 2.51 bits per heavy atom. The Morgan fingerprint density at radius 1 is 1.07 bits per heavy atom. The fourth-order valence-corrected chi connectivity index (χ4v) is 6.64. The molecule has 0 radical (unpaired) electrons. The van der Waals surface area contributed by atoms with E-state index in [-0.39, 0.29) is 28.6 Å². The number of rotatable bonds is 13. The molecule has 2 fully saturated rings. The van der Waals surface area contributed by atoms with Crippen LogP contribution in [0.25, 0.3) is 5.69 Å². The van der Waals surface area contributed by atoms with E-state index >= 15 is 0 Å². The number of anilines is 2. The lowest BCUT2D eigenvalue weighted by Crippen LogP contribution is -2.49. The third kappa shape index (κ3) is 8.08. The first-order chi connectivity index (χ1) is 20.5. The highest BCUT2D eigenvalue weighted by atomic mass is 35.5. The predicted molar refractivity (Wildman–Crippen MR) is 170 cm³/mol. The van der Waals surface area contributed by atoms with Crippen molar-refractivity contribution in [1.82, 2.24) is 14.1 Å². The van der Waals surface area contributed by atoms with Crippen molar-refractivity contribution in [2.45, 2.75) is 45.5 Å². The predicted octanol–water partition coefficient (Wildman–Crippen LogP) is 4.55. The number of hydrogen-bond donors (Lipinski definition) is 1. The van der Waals surface area contributed by atoms with Crippen molar-refractivity contribution in [3.63, 3.8) is 0 Å². The molecule has 1 saturated carbocycles. The molecule has 1 N–H and O–H groups in total. The van der Waals surface area contributed by atoms with Crippen molar-refractivity contribution >= 4 is 33.0 Å². The van der Waals surface area contributed by atoms with Crippen LogP contribution in [-0.2, 0) is 20.5 Å². The molecule has 0 atom stereocenters. The molecule has 2 aromatic carbocycles. The van der Waals surface area contributed by atoms with E-state index in [2.05, 4.69) is 17.3 Å². The van der Waals surface area contributed by atoms with E-state index in [1.807, 2.05) is 43.0 Å². The third-order valence-electron chi connectivity index (χ3n) is 7.77. The van der Waals surface area contributed by atoms with Gasteiger partial charge in [0.2, 0.25) is 15.8 Å². The van der Waals surface area contributed by atoms with Crippen LogP contribution in [0.4, 0.5) is 11.4 Å². The van der Waals surface area contributed by atoms with Gasteiger partial charge in [-0.2, -0.15) is 14.1 Å². The van der Waals surface area contributed by atoms with Crippen LogP contribution in [0.2, 0.25) is 5.02 Å². The zero-order valence-electron chi connectivity index (χ0n) is 25.0. The molecule has 0 unspecified atom stereocenters. The molecule has 232 valence electrons. The molecule has 0 bridgehead atoms. The molecule has 1 aliphatic heterocycles. The van der Waals surface area contributed by atoms with Crippen LogP contribution < -0.4 is 20.5 Å². The molecule has 12 heteroatoms. The molecule has 1 saturated heterocycles. The van der Waals surface area contributed by atoms with Crippen LogP contribution in [0.5, 0.6) is 5.75 Å². The first kappa shape index (κ1) is 31.3. The van der Waals surface area contributed by atoms with Gasteiger partial charge >= 0.3 is 5.56 Å². The highest BCUT2D eigenvalue weighted by molar-refractivity contribution is 7.88. The Balaban J connectivity index is 1.27. The highest BCUT2D eigenvalue weighted by Gasteiger charge is 2.39. The first-order valence-corrected chi connectivity index (χ1v) is 16.7. The second kappa shape index (κ2) is 13.3. The number of halogens is 1. The Labute approximate surface area is 258 Å². The number of nitrogens with zero attached hydrogens (tertiary/aromatic N) is 4. The zero-order valence-corrected chi connectivity index (χ0v) is 26.5. The monoisotopic (exact) mass is 629 g/mol. The van der Waals surface area contributed by atoms with E-state index in [1.165, 1.54) is 8.99 Å². The van der Waals surface area contributed by atoms with E-state index in [4.69, 9.17) is 21.1 Å². The summed E-state index contributed by atoms with van der Waals surface area (Å²) in [6.45, 7) is 9.16. The molecule has 0 amide bonds. The van der Waals surface area contributed by atoms with Gasteiger partial charge in [0.05, 0.1) is 37.0 Å². The Bertz CT molecular complexity index is 1580. The number of aromatic nitrogens is 2. The summed E-state index contributed by atoms with van der Waals surface area (Å²) in [5.41, 5.74) is 2.39. The largest absolute Gasteiger partial charge is 0.486 e. The van der Waals surface area contributed by atoms with Crippen molar-refractivity contribution in [1.29, 1.82) is 0 Å². The summed E-state index contributed by atoms with van der Waals surface area (Å²) in [4.78, 5) is 15.6. The van der Waals surface area contributed by atoms with Gasteiger partial charge in [0.25, 0.3) is 0 Å². The number of nitrogens with one attached hydrogen (secondary N) is 1. The Hall–Kier alpha value is -3.12. The molecule has 5 rings (SSSR count). The van der Waals surface area contributed by atoms with Gasteiger partial charge in [0, 0.05) is 48.8 Å². The van der Waals surface area contributed by atoms with Crippen LogP contribution in [0.3, 0.4) is 0 Å². The molecule has 10 nitrogen and oxygen atoms in total. The lowest BCUT2D eigenvalue weighted by molar-refractivity contribution is 0.0870. The maximum atomic E-state index is 13.6.